The molecule has 0 saturated heterocycles. The molecule has 0 aliphatic carbocycles. The van der Waals surface area contributed by atoms with Crippen molar-refractivity contribution in [3.05, 3.63) is 90.7 Å². The van der Waals surface area contributed by atoms with E-state index in [-0.39, 0.29) is 24.5 Å². The molecule has 182 valence electrons. The molecule has 0 aliphatic heterocycles. The van der Waals surface area contributed by atoms with Crippen LogP contribution in [0.5, 0.6) is 0 Å². The summed E-state index contributed by atoms with van der Waals surface area (Å²) in [6.07, 6.45) is 8.45. The lowest BCUT2D eigenvalue weighted by atomic mass is 10.0. The number of unbranched alkanes of at least 4 members (excludes halogenated alkanes) is 2. The van der Waals surface area contributed by atoms with Crippen LogP contribution in [0.15, 0.2) is 73.9 Å². The van der Waals surface area contributed by atoms with Crippen LogP contribution in [-0.2, 0) is 9.47 Å². The van der Waals surface area contributed by atoms with Crippen molar-refractivity contribution < 1.29 is 19.1 Å². The van der Waals surface area contributed by atoms with Gasteiger partial charge >= 0.3 is 11.9 Å². The zero-order valence-corrected chi connectivity index (χ0v) is 20.5. The summed E-state index contributed by atoms with van der Waals surface area (Å²) in [5.74, 6) is -1.24. The standard InChI is InChI=1S/C29H32N2O4/c1-5-9-17-34-28(32)26-25-20-23(21(8-4)14-7-3)19-24(22-15-12-11-13-16-22)31(25)30-27(26)29(33)35-18-10-6-2/h7-8,11-16,19-20H,3-6,9-10,17-18H2,1-2H3/b21-14+. The van der Waals surface area contributed by atoms with Crippen molar-refractivity contribution in [2.45, 2.75) is 39.5 Å². The van der Waals surface area contributed by atoms with Crippen LogP contribution >= 0.6 is 0 Å². The van der Waals surface area contributed by atoms with E-state index in [0.717, 1.165) is 42.4 Å². The molecule has 35 heavy (non-hydrogen) atoms. The molecule has 1 aromatic carbocycles. The Balaban J connectivity index is 2.29. The highest BCUT2D eigenvalue weighted by Crippen LogP contribution is 2.30. The van der Waals surface area contributed by atoms with Gasteiger partial charge in [0.25, 0.3) is 0 Å². The molecule has 2 heterocycles. The number of pyridine rings is 1. The molecule has 2 aromatic heterocycles. The van der Waals surface area contributed by atoms with Gasteiger partial charge in [-0.15, -0.1) is 0 Å². The van der Waals surface area contributed by atoms with Crippen molar-refractivity contribution in [2.24, 2.45) is 0 Å². The van der Waals surface area contributed by atoms with Gasteiger partial charge in [-0.1, -0.05) is 88.4 Å². The first kappa shape index (κ1) is 25.7. The van der Waals surface area contributed by atoms with Crippen molar-refractivity contribution in [1.82, 2.24) is 9.61 Å². The number of nitrogens with zero attached hydrogens (tertiary/aromatic N) is 2. The summed E-state index contributed by atoms with van der Waals surface area (Å²) in [6.45, 7) is 12.3. The zero-order chi connectivity index (χ0) is 25.2. The van der Waals surface area contributed by atoms with Crippen LogP contribution in [0.1, 0.15) is 65.9 Å². The predicted octanol–water partition coefficient (Wildman–Crippen LogP) is 6.67. The Hall–Kier alpha value is -3.93. The van der Waals surface area contributed by atoms with Crippen LogP contribution < -0.4 is 0 Å². The van der Waals surface area contributed by atoms with Gasteiger partial charge in [-0.05, 0) is 36.1 Å². The normalized spacial score (nSPS) is 11.3. The number of carbonyl (C=O) groups excluding carboxylic acids is 2. The molecule has 3 rings (SSSR count). The maximum Gasteiger partial charge on any atom is 0.359 e. The number of rotatable bonds is 12. The second-order valence-corrected chi connectivity index (χ2v) is 8.06. The first-order chi connectivity index (χ1) is 17.0. The van der Waals surface area contributed by atoms with Crippen molar-refractivity contribution in [1.29, 1.82) is 0 Å². The molecule has 0 saturated carbocycles. The van der Waals surface area contributed by atoms with E-state index in [1.165, 1.54) is 0 Å². The van der Waals surface area contributed by atoms with Crippen molar-refractivity contribution >= 4 is 23.0 Å². The molecule has 0 unspecified atom stereocenters. The van der Waals surface area contributed by atoms with Crippen molar-refractivity contribution in [2.75, 3.05) is 13.2 Å². The lowest BCUT2D eigenvalue weighted by molar-refractivity contribution is 0.0450. The van der Waals surface area contributed by atoms with Crippen LogP contribution in [0.3, 0.4) is 0 Å². The van der Waals surface area contributed by atoms with Gasteiger partial charge in [0.05, 0.1) is 24.4 Å². The maximum absolute atomic E-state index is 13.2. The molecule has 6 heteroatoms. The Labute approximate surface area is 206 Å². The number of fused-ring (bicyclic) bond motifs is 1. The number of hydrogen-bond donors (Lipinski definition) is 0. The largest absolute Gasteiger partial charge is 0.462 e. The van der Waals surface area contributed by atoms with Gasteiger partial charge in [0, 0.05) is 5.56 Å². The average molecular weight is 473 g/mol. The van der Waals surface area contributed by atoms with E-state index in [1.54, 1.807) is 16.7 Å². The second kappa shape index (κ2) is 12.5. The summed E-state index contributed by atoms with van der Waals surface area (Å²) >= 11 is 0. The minimum absolute atomic E-state index is 0.0511. The summed E-state index contributed by atoms with van der Waals surface area (Å²) in [5.41, 5.74) is 3.72. The van der Waals surface area contributed by atoms with E-state index in [1.807, 2.05) is 62.4 Å². The van der Waals surface area contributed by atoms with Gasteiger partial charge in [-0.25, -0.2) is 14.1 Å². The third-order valence-corrected chi connectivity index (χ3v) is 5.51. The molecule has 0 spiro atoms. The summed E-state index contributed by atoms with van der Waals surface area (Å²) in [6, 6.07) is 13.4. The van der Waals surface area contributed by atoms with Crippen LogP contribution in [0.2, 0.25) is 0 Å². The van der Waals surface area contributed by atoms with Gasteiger partial charge in [0.2, 0.25) is 0 Å². The number of carbonyl (C=O) groups is 2. The predicted molar refractivity (Wildman–Crippen MR) is 139 cm³/mol. The number of esters is 2. The topological polar surface area (TPSA) is 69.9 Å². The van der Waals surface area contributed by atoms with E-state index >= 15 is 0 Å². The number of allylic oxidation sites excluding steroid dienone is 4. The average Bonchev–Trinajstić information content (AvgIpc) is 3.27. The Morgan fingerprint density at radius 3 is 2.23 bits per heavy atom. The smallest absolute Gasteiger partial charge is 0.359 e. The Kier molecular flexibility index (Phi) is 9.18. The van der Waals surface area contributed by atoms with E-state index < -0.39 is 11.9 Å². The number of ether oxygens (including phenoxy) is 2. The second-order valence-electron chi connectivity index (χ2n) is 8.06. The highest BCUT2D eigenvalue weighted by Gasteiger charge is 2.29. The Bertz CT molecular complexity index is 1240. The Morgan fingerprint density at radius 2 is 1.63 bits per heavy atom. The molecule has 0 radical (unpaired) electrons. The van der Waals surface area contributed by atoms with E-state index in [9.17, 15) is 9.59 Å². The minimum atomic E-state index is -0.643. The zero-order valence-electron chi connectivity index (χ0n) is 20.5. The fourth-order valence-corrected chi connectivity index (χ4v) is 3.64. The lowest BCUT2D eigenvalue weighted by Crippen LogP contribution is -2.14. The van der Waals surface area contributed by atoms with Crippen LogP contribution in [0.4, 0.5) is 0 Å². The van der Waals surface area contributed by atoms with E-state index in [2.05, 4.69) is 18.3 Å². The van der Waals surface area contributed by atoms with E-state index in [4.69, 9.17) is 9.47 Å². The summed E-state index contributed by atoms with van der Waals surface area (Å²) in [4.78, 5) is 26.3. The monoisotopic (exact) mass is 472 g/mol. The summed E-state index contributed by atoms with van der Waals surface area (Å²) in [5, 5.41) is 4.57. The summed E-state index contributed by atoms with van der Waals surface area (Å²) in [7, 11) is 0. The van der Waals surface area contributed by atoms with Gasteiger partial charge in [0.15, 0.2) is 5.69 Å². The fraction of sp³-hybridized carbons (Fsp3) is 0.276. The number of hydrogen-bond acceptors (Lipinski definition) is 5. The molecular formula is C29H32N2O4. The quantitative estimate of drug-likeness (QED) is 0.167. The van der Waals surface area contributed by atoms with Gasteiger partial charge < -0.3 is 9.47 Å². The lowest BCUT2D eigenvalue weighted by Gasteiger charge is -2.11. The molecule has 3 aromatic rings. The highest BCUT2D eigenvalue weighted by molar-refractivity contribution is 6.07. The van der Waals surface area contributed by atoms with Crippen LogP contribution in [0, 0.1) is 0 Å². The molecule has 0 fully saturated rings. The number of aromatic nitrogens is 2. The number of benzene rings is 1. The van der Waals surface area contributed by atoms with E-state index in [0.29, 0.717) is 11.2 Å². The third kappa shape index (κ3) is 5.96. The first-order valence-electron chi connectivity index (χ1n) is 12.0. The highest BCUT2D eigenvalue weighted by atomic mass is 16.5. The van der Waals surface area contributed by atoms with Crippen LogP contribution in [0.25, 0.3) is 22.3 Å². The SMILES string of the molecule is C=C/C=C(\C=C)c1cc(-c2ccccc2)n2nc(C(=O)OCCCC)c(C(=O)OCCCC)c2c1. The molecule has 0 N–H and O–H groups in total. The van der Waals surface area contributed by atoms with Crippen molar-refractivity contribution in [3.8, 4) is 11.3 Å². The maximum atomic E-state index is 13.2. The first-order valence-corrected chi connectivity index (χ1v) is 12.0. The molecular weight excluding hydrogens is 440 g/mol. The van der Waals surface area contributed by atoms with Gasteiger partial charge in [-0.3, -0.25) is 0 Å². The van der Waals surface area contributed by atoms with Crippen molar-refractivity contribution in [3.63, 3.8) is 0 Å². The third-order valence-electron chi connectivity index (χ3n) is 5.51. The fourth-order valence-electron chi connectivity index (χ4n) is 3.64. The molecule has 0 bridgehead atoms. The van der Waals surface area contributed by atoms with Gasteiger partial charge in [-0.2, -0.15) is 5.10 Å². The van der Waals surface area contributed by atoms with Gasteiger partial charge in [0.1, 0.15) is 5.56 Å². The summed E-state index contributed by atoms with van der Waals surface area (Å²) < 4.78 is 12.6. The Morgan fingerprint density at radius 1 is 0.971 bits per heavy atom. The molecule has 0 atom stereocenters. The molecule has 0 aliphatic rings. The molecule has 0 amide bonds. The minimum Gasteiger partial charge on any atom is -0.462 e. The molecule has 6 nitrogen and oxygen atoms in total. The van der Waals surface area contributed by atoms with Crippen LogP contribution in [-0.4, -0.2) is 34.8 Å².